The molecule has 3 rings (SSSR count). The van der Waals surface area contributed by atoms with E-state index in [0.29, 0.717) is 27.6 Å². The summed E-state index contributed by atoms with van der Waals surface area (Å²) in [4.78, 5) is 27.9. The van der Waals surface area contributed by atoms with Crippen molar-refractivity contribution in [2.75, 3.05) is 17.2 Å². The van der Waals surface area contributed by atoms with E-state index < -0.39 is 23.6 Å². The molecule has 9 heteroatoms. The van der Waals surface area contributed by atoms with Crippen LogP contribution in [0, 0.1) is 11.6 Å². The molecule has 0 radical (unpaired) electrons. The van der Waals surface area contributed by atoms with Crippen molar-refractivity contribution in [3.8, 4) is 11.3 Å². The highest BCUT2D eigenvalue weighted by atomic mass is 32.1. The van der Waals surface area contributed by atoms with E-state index in [1.807, 2.05) is 0 Å². The molecule has 0 bridgehead atoms. The van der Waals surface area contributed by atoms with Crippen LogP contribution in [0.5, 0.6) is 0 Å². The Hall–Kier alpha value is -3.33. The van der Waals surface area contributed by atoms with Gasteiger partial charge in [-0.2, -0.15) is 0 Å². The summed E-state index contributed by atoms with van der Waals surface area (Å²) >= 11 is 1.16. The number of thiazole rings is 1. The standard InChI is InChI=1S/C19H15F2N3O3S/c1-2-27-19(26)22-13-6-3-11(4-7-13)17(25)24-18-23-16(10-28-18)12-5-8-14(20)15(21)9-12/h3-10H,2H2,1H3,(H,22,26)(H,23,24,25). The fourth-order valence-corrected chi connectivity index (χ4v) is 2.99. The van der Waals surface area contributed by atoms with Gasteiger partial charge in [0.15, 0.2) is 16.8 Å². The monoisotopic (exact) mass is 403 g/mol. The Morgan fingerprint density at radius 2 is 1.82 bits per heavy atom. The van der Waals surface area contributed by atoms with Crippen molar-refractivity contribution in [2.45, 2.75) is 6.92 Å². The second-order valence-corrected chi connectivity index (χ2v) is 6.40. The van der Waals surface area contributed by atoms with Gasteiger partial charge in [0.05, 0.1) is 12.3 Å². The predicted molar refractivity (Wildman–Crippen MR) is 103 cm³/mol. The molecule has 0 aliphatic rings. The molecule has 2 amide bonds. The molecular weight excluding hydrogens is 388 g/mol. The van der Waals surface area contributed by atoms with Crippen molar-refractivity contribution in [2.24, 2.45) is 0 Å². The first-order valence-electron chi connectivity index (χ1n) is 8.22. The van der Waals surface area contributed by atoms with E-state index >= 15 is 0 Å². The smallest absolute Gasteiger partial charge is 0.411 e. The van der Waals surface area contributed by atoms with E-state index in [1.54, 1.807) is 36.6 Å². The van der Waals surface area contributed by atoms with Gasteiger partial charge in [0.2, 0.25) is 0 Å². The Morgan fingerprint density at radius 1 is 1.07 bits per heavy atom. The van der Waals surface area contributed by atoms with Crippen LogP contribution in [0.4, 0.5) is 24.4 Å². The Balaban J connectivity index is 1.65. The van der Waals surface area contributed by atoms with Crippen LogP contribution >= 0.6 is 11.3 Å². The number of ether oxygens (including phenoxy) is 1. The SMILES string of the molecule is CCOC(=O)Nc1ccc(C(=O)Nc2nc(-c3ccc(F)c(F)c3)cs2)cc1. The molecule has 6 nitrogen and oxygen atoms in total. The van der Waals surface area contributed by atoms with Crippen LogP contribution < -0.4 is 10.6 Å². The van der Waals surface area contributed by atoms with Gasteiger partial charge >= 0.3 is 6.09 Å². The lowest BCUT2D eigenvalue weighted by Crippen LogP contribution is -2.14. The zero-order valence-corrected chi connectivity index (χ0v) is 15.5. The molecule has 144 valence electrons. The molecule has 0 aliphatic carbocycles. The van der Waals surface area contributed by atoms with Crippen LogP contribution in [0.25, 0.3) is 11.3 Å². The van der Waals surface area contributed by atoms with Gasteiger partial charge in [-0.1, -0.05) is 0 Å². The lowest BCUT2D eigenvalue weighted by Gasteiger charge is -2.06. The molecule has 28 heavy (non-hydrogen) atoms. The molecule has 0 spiro atoms. The number of amides is 2. The molecule has 2 N–H and O–H groups in total. The summed E-state index contributed by atoms with van der Waals surface area (Å²) in [5.74, 6) is -2.30. The van der Waals surface area contributed by atoms with Crippen LogP contribution in [-0.4, -0.2) is 23.6 Å². The molecule has 1 aromatic heterocycles. The summed E-state index contributed by atoms with van der Waals surface area (Å²) in [5, 5.41) is 7.12. The van der Waals surface area contributed by atoms with Gasteiger partial charge < -0.3 is 4.74 Å². The van der Waals surface area contributed by atoms with Crippen molar-refractivity contribution in [3.05, 3.63) is 65.0 Å². The number of hydrogen-bond acceptors (Lipinski definition) is 5. The maximum atomic E-state index is 13.4. The van der Waals surface area contributed by atoms with Gasteiger partial charge in [-0.25, -0.2) is 18.6 Å². The topological polar surface area (TPSA) is 80.3 Å². The zero-order valence-electron chi connectivity index (χ0n) is 14.7. The molecular formula is C19H15F2N3O3S. The average Bonchev–Trinajstić information content (AvgIpc) is 3.13. The predicted octanol–water partition coefficient (Wildman–Crippen LogP) is 4.91. The number of halogens is 2. The normalized spacial score (nSPS) is 10.4. The number of aromatic nitrogens is 1. The third-order valence-electron chi connectivity index (χ3n) is 3.61. The first-order valence-corrected chi connectivity index (χ1v) is 9.10. The first kappa shape index (κ1) is 19.4. The minimum absolute atomic E-state index is 0.257. The number of nitrogens with zero attached hydrogens (tertiary/aromatic N) is 1. The Bertz CT molecular complexity index is 1010. The third-order valence-corrected chi connectivity index (χ3v) is 4.37. The maximum Gasteiger partial charge on any atom is 0.411 e. The minimum Gasteiger partial charge on any atom is -0.450 e. The maximum absolute atomic E-state index is 13.4. The van der Waals surface area contributed by atoms with Gasteiger partial charge in [-0.05, 0) is 49.4 Å². The van der Waals surface area contributed by atoms with E-state index in [-0.39, 0.29) is 6.61 Å². The van der Waals surface area contributed by atoms with E-state index in [9.17, 15) is 18.4 Å². The number of benzene rings is 2. The number of carbonyl (C=O) groups is 2. The van der Waals surface area contributed by atoms with Crippen molar-refractivity contribution in [3.63, 3.8) is 0 Å². The third kappa shape index (κ3) is 4.68. The molecule has 0 saturated carbocycles. The summed E-state index contributed by atoms with van der Waals surface area (Å²) in [6, 6.07) is 9.70. The van der Waals surface area contributed by atoms with Crippen molar-refractivity contribution in [1.82, 2.24) is 4.98 Å². The van der Waals surface area contributed by atoms with E-state index in [4.69, 9.17) is 4.74 Å². The van der Waals surface area contributed by atoms with Crippen LogP contribution in [0.2, 0.25) is 0 Å². The molecule has 0 saturated heterocycles. The quantitative estimate of drug-likeness (QED) is 0.634. The first-order chi connectivity index (χ1) is 13.5. The number of anilines is 2. The summed E-state index contributed by atoms with van der Waals surface area (Å²) in [6.45, 7) is 1.95. The molecule has 3 aromatic rings. The summed E-state index contributed by atoms with van der Waals surface area (Å²) < 4.78 is 31.2. The van der Waals surface area contributed by atoms with Crippen LogP contribution in [0.3, 0.4) is 0 Å². The van der Waals surface area contributed by atoms with E-state index in [2.05, 4.69) is 15.6 Å². The lowest BCUT2D eigenvalue weighted by atomic mass is 10.2. The summed E-state index contributed by atoms with van der Waals surface area (Å²) in [5.41, 5.74) is 1.68. The van der Waals surface area contributed by atoms with Gasteiger partial charge in [-0.15, -0.1) is 11.3 Å². The van der Waals surface area contributed by atoms with Crippen molar-refractivity contribution >= 4 is 34.2 Å². The lowest BCUT2D eigenvalue weighted by molar-refractivity contribution is 0.102. The van der Waals surface area contributed by atoms with Crippen LogP contribution in [0.15, 0.2) is 47.8 Å². The number of rotatable bonds is 5. The van der Waals surface area contributed by atoms with Gasteiger partial charge in [0.25, 0.3) is 5.91 Å². The van der Waals surface area contributed by atoms with Gasteiger partial charge in [0, 0.05) is 22.2 Å². The van der Waals surface area contributed by atoms with Crippen molar-refractivity contribution in [1.29, 1.82) is 0 Å². The van der Waals surface area contributed by atoms with Crippen LogP contribution in [0.1, 0.15) is 17.3 Å². The largest absolute Gasteiger partial charge is 0.450 e. The average molecular weight is 403 g/mol. The second-order valence-electron chi connectivity index (χ2n) is 5.54. The minimum atomic E-state index is -0.965. The number of carbonyl (C=O) groups excluding carboxylic acids is 2. The Morgan fingerprint density at radius 3 is 2.50 bits per heavy atom. The van der Waals surface area contributed by atoms with Crippen molar-refractivity contribution < 1.29 is 23.1 Å². The van der Waals surface area contributed by atoms with E-state index in [1.165, 1.54) is 6.07 Å². The number of nitrogens with one attached hydrogen (secondary N) is 2. The summed E-state index contributed by atoms with van der Waals surface area (Å²) in [6.07, 6.45) is -0.577. The molecule has 2 aromatic carbocycles. The second kappa shape index (κ2) is 8.57. The summed E-state index contributed by atoms with van der Waals surface area (Å²) in [7, 11) is 0. The van der Waals surface area contributed by atoms with Gasteiger partial charge in [0.1, 0.15) is 0 Å². The van der Waals surface area contributed by atoms with Crippen LogP contribution in [-0.2, 0) is 4.74 Å². The Kier molecular flexibility index (Phi) is 5.95. The molecule has 0 fully saturated rings. The molecule has 0 atom stereocenters. The molecule has 0 aliphatic heterocycles. The molecule has 1 heterocycles. The highest BCUT2D eigenvalue weighted by Crippen LogP contribution is 2.26. The molecule has 0 unspecified atom stereocenters. The highest BCUT2D eigenvalue weighted by molar-refractivity contribution is 7.14. The highest BCUT2D eigenvalue weighted by Gasteiger charge is 2.12. The zero-order chi connectivity index (χ0) is 20.1. The van der Waals surface area contributed by atoms with Gasteiger partial charge in [-0.3, -0.25) is 15.4 Å². The fourth-order valence-electron chi connectivity index (χ4n) is 2.28. The fraction of sp³-hybridized carbons (Fsp3) is 0.105. The Labute approximate surface area is 163 Å². The van der Waals surface area contributed by atoms with E-state index in [0.717, 1.165) is 23.5 Å². The number of hydrogen-bond donors (Lipinski definition) is 2.